The lowest BCUT2D eigenvalue weighted by Crippen LogP contribution is -2.32. The molecule has 6 nitrogen and oxygen atoms in total. The topological polar surface area (TPSA) is 79.4 Å². The maximum atomic E-state index is 13.1. The number of benzene rings is 1. The lowest BCUT2D eigenvalue weighted by atomic mass is 10.2. The first-order valence-electron chi connectivity index (χ1n) is 9.18. The van der Waals surface area contributed by atoms with Crippen LogP contribution in [0.1, 0.15) is 41.9 Å². The van der Waals surface area contributed by atoms with Crippen LogP contribution in [0.25, 0.3) is 0 Å². The monoisotopic (exact) mass is 407 g/mol. The van der Waals surface area contributed by atoms with E-state index in [1.54, 1.807) is 29.4 Å². The highest BCUT2D eigenvalue weighted by Crippen LogP contribution is 2.26. The summed E-state index contributed by atoms with van der Waals surface area (Å²) in [6.45, 7) is 4.80. The SMILES string of the molecule is Cc1nc(CC(=O)Nc2ccc(C)c(S(=O)(=O)N3CCCCCC3)c2)cs1. The van der Waals surface area contributed by atoms with Crippen LogP contribution in [0.4, 0.5) is 5.69 Å². The number of anilines is 1. The van der Waals surface area contributed by atoms with E-state index < -0.39 is 10.0 Å². The van der Waals surface area contributed by atoms with Crippen molar-refractivity contribution in [2.45, 2.75) is 50.8 Å². The number of aryl methyl sites for hydroxylation is 2. The van der Waals surface area contributed by atoms with Crippen molar-refractivity contribution < 1.29 is 13.2 Å². The van der Waals surface area contributed by atoms with E-state index in [-0.39, 0.29) is 17.2 Å². The van der Waals surface area contributed by atoms with E-state index in [1.807, 2.05) is 12.3 Å². The molecule has 1 aromatic heterocycles. The Labute approximate surface area is 164 Å². The van der Waals surface area contributed by atoms with Crippen molar-refractivity contribution in [1.82, 2.24) is 9.29 Å². The predicted octanol–water partition coefficient (Wildman–Crippen LogP) is 3.51. The molecule has 0 spiro atoms. The Morgan fingerprint density at radius 2 is 1.89 bits per heavy atom. The molecular weight excluding hydrogens is 382 g/mol. The molecule has 1 aromatic carbocycles. The van der Waals surface area contributed by atoms with Crippen LogP contribution in [-0.2, 0) is 21.2 Å². The van der Waals surface area contributed by atoms with Gasteiger partial charge < -0.3 is 5.32 Å². The van der Waals surface area contributed by atoms with Crippen molar-refractivity contribution in [1.29, 1.82) is 0 Å². The van der Waals surface area contributed by atoms with Gasteiger partial charge in [-0.15, -0.1) is 11.3 Å². The Balaban J connectivity index is 1.78. The lowest BCUT2D eigenvalue weighted by Gasteiger charge is -2.21. The molecule has 1 fully saturated rings. The number of nitrogens with zero attached hydrogens (tertiary/aromatic N) is 2. The minimum Gasteiger partial charge on any atom is -0.326 e. The molecule has 1 aliphatic heterocycles. The number of thiazole rings is 1. The summed E-state index contributed by atoms with van der Waals surface area (Å²) in [5.74, 6) is -0.206. The Kier molecular flexibility index (Phi) is 6.29. The number of sulfonamides is 1. The zero-order chi connectivity index (χ0) is 19.4. The molecular formula is C19H25N3O3S2. The van der Waals surface area contributed by atoms with Gasteiger partial charge in [0.2, 0.25) is 15.9 Å². The number of nitrogens with one attached hydrogen (secondary N) is 1. The van der Waals surface area contributed by atoms with Crippen LogP contribution < -0.4 is 5.32 Å². The third kappa shape index (κ3) is 4.94. The predicted molar refractivity (Wildman–Crippen MR) is 108 cm³/mol. The molecule has 1 saturated heterocycles. The smallest absolute Gasteiger partial charge is 0.243 e. The molecule has 3 rings (SSSR count). The lowest BCUT2D eigenvalue weighted by molar-refractivity contribution is -0.115. The zero-order valence-corrected chi connectivity index (χ0v) is 17.3. The first-order valence-corrected chi connectivity index (χ1v) is 11.5. The summed E-state index contributed by atoms with van der Waals surface area (Å²) in [5, 5.41) is 5.57. The van der Waals surface area contributed by atoms with E-state index in [0.717, 1.165) is 36.4 Å². The van der Waals surface area contributed by atoms with Crippen molar-refractivity contribution in [3.63, 3.8) is 0 Å². The Bertz CT molecular complexity index is 914. The van der Waals surface area contributed by atoms with Gasteiger partial charge in [-0.3, -0.25) is 4.79 Å². The highest BCUT2D eigenvalue weighted by Gasteiger charge is 2.27. The minimum absolute atomic E-state index is 0.173. The summed E-state index contributed by atoms with van der Waals surface area (Å²) < 4.78 is 27.8. The summed E-state index contributed by atoms with van der Waals surface area (Å²) in [4.78, 5) is 16.8. The van der Waals surface area contributed by atoms with Crippen molar-refractivity contribution in [2.75, 3.05) is 18.4 Å². The van der Waals surface area contributed by atoms with Crippen molar-refractivity contribution in [2.24, 2.45) is 0 Å². The third-order valence-corrected chi connectivity index (χ3v) is 7.53. The van der Waals surface area contributed by atoms with Crippen LogP contribution in [-0.4, -0.2) is 36.7 Å². The van der Waals surface area contributed by atoms with E-state index in [2.05, 4.69) is 10.3 Å². The average molecular weight is 408 g/mol. The summed E-state index contributed by atoms with van der Waals surface area (Å²) in [6, 6.07) is 5.05. The molecule has 0 unspecified atom stereocenters. The van der Waals surface area contributed by atoms with Crippen LogP contribution >= 0.6 is 11.3 Å². The highest BCUT2D eigenvalue weighted by atomic mass is 32.2. The fourth-order valence-electron chi connectivity index (χ4n) is 3.24. The molecule has 1 aliphatic rings. The number of rotatable bonds is 5. The number of carbonyl (C=O) groups excluding carboxylic acids is 1. The summed E-state index contributed by atoms with van der Waals surface area (Å²) in [6.07, 6.45) is 4.09. The summed E-state index contributed by atoms with van der Waals surface area (Å²) in [7, 11) is -3.56. The molecule has 1 amide bonds. The second-order valence-electron chi connectivity index (χ2n) is 6.88. The molecule has 0 bridgehead atoms. The molecule has 27 heavy (non-hydrogen) atoms. The highest BCUT2D eigenvalue weighted by molar-refractivity contribution is 7.89. The second-order valence-corrected chi connectivity index (χ2v) is 9.85. The van der Waals surface area contributed by atoms with Gasteiger partial charge in [0.25, 0.3) is 0 Å². The molecule has 0 aliphatic carbocycles. The molecule has 0 radical (unpaired) electrons. The quantitative estimate of drug-likeness (QED) is 0.823. The van der Waals surface area contributed by atoms with E-state index in [4.69, 9.17) is 0 Å². The van der Waals surface area contributed by atoms with Crippen LogP contribution in [0, 0.1) is 13.8 Å². The van der Waals surface area contributed by atoms with Gasteiger partial charge >= 0.3 is 0 Å². The summed E-state index contributed by atoms with van der Waals surface area (Å²) >= 11 is 1.50. The number of carbonyl (C=O) groups is 1. The normalized spacial score (nSPS) is 16.1. The number of amides is 1. The number of hydrogen-bond donors (Lipinski definition) is 1. The Morgan fingerprint density at radius 3 is 2.52 bits per heavy atom. The van der Waals surface area contributed by atoms with Gasteiger partial charge in [-0.1, -0.05) is 18.9 Å². The first kappa shape index (κ1) is 20.0. The molecule has 2 heterocycles. The van der Waals surface area contributed by atoms with Crippen LogP contribution in [0.2, 0.25) is 0 Å². The van der Waals surface area contributed by atoms with Gasteiger partial charge in [0.05, 0.1) is 22.0 Å². The van der Waals surface area contributed by atoms with Gasteiger partial charge in [0.15, 0.2) is 0 Å². The molecule has 0 atom stereocenters. The fourth-order valence-corrected chi connectivity index (χ4v) is 5.62. The molecule has 2 aromatic rings. The Morgan fingerprint density at radius 1 is 1.19 bits per heavy atom. The molecule has 0 saturated carbocycles. The van der Waals surface area contributed by atoms with E-state index in [1.165, 1.54) is 11.3 Å². The third-order valence-electron chi connectivity index (χ3n) is 4.66. The van der Waals surface area contributed by atoms with Gasteiger partial charge in [-0.05, 0) is 44.4 Å². The minimum atomic E-state index is -3.56. The van der Waals surface area contributed by atoms with E-state index >= 15 is 0 Å². The van der Waals surface area contributed by atoms with Gasteiger partial charge in [-0.25, -0.2) is 13.4 Å². The van der Waals surface area contributed by atoms with E-state index in [0.29, 0.717) is 24.3 Å². The maximum absolute atomic E-state index is 13.1. The Hall–Kier alpha value is -1.77. The van der Waals surface area contributed by atoms with Gasteiger partial charge in [0.1, 0.15) is 0 Å². The van der Waals surface area contributed by atoms with Crippen LogP contribution in [0.3, 0.4) is 0 Å². The van der Waals surface area contributed by atoms with Crippen LogP contribution in [0.5, 0.6) is 0 Å². The van der Waals surface area contributed by atoms with Crippen molar-refractivity contribution >= 4 is 33.0 Å². The second kappa shape index (κ2) is 8.50. The standard InChI is InChI=1S/C19H25N3O3S2/c1-14-7-8-16(21-19(23)12-17-13-26-15(2)20-17)11-18(14)27(24,25)22-9-5-3-4-6-10-22/h7-8,11,13H,3-6,9-10,12H2,1-2H3,(H,21,23). The molecule has 1 N–H and O–H groups in total. The molecule has 146 valence electrons. The largest absolute Gasteiger partial charge is 0.326 e. The zero-order valence-electron chi connectivity index (χ0n) is 15.7. The maximum Gasteiger partial charge on any atom is 0.243 e. The number of aromatic nitrogens is 1. The number of hydrogen-bond acceptors (Lipinski definition) is 5. The van der Waals surface area contributed by atoms with Gasteiger partial charge in [-0.2, -0.15) is 4.31 Å². The van der Waals surface area contributed by atoms with E-state index in [9.17, 15) is 13.2 Å². The first-order chi connectivity index (χ1) is 12.9. The van der Waals surface area contributed by atoms with Crippen molar-refractivity contribution in [3.05, 3.63) is 39.8 Å². The fraction of sp³-hybridized carbons (Fsp3) is 0.474. The van der Waals surface area contributed by atoms with Crippen LogP contribution in [0.15, 0.2) is 28.5 Å². The molecule has 8 heteroatoms. The summed E-state index contributed by atoms with van der Waals surface area (Å²) in [5.41, 5.74) is 1.90. The van der Waals surface area contributed by atoms with Crippen molar-refractivity contribution in [3.8, 4) is 0 Å². The average Bonchev–Trinajstić information content (AvgIpc) is 2.86. The van der Waals surface area contributed by atoms with Gasteiger partial charge in [0, 0.05) is 24.2 Å².